The zero-order valence-corrected chi connectivity index (χ0v) is 31.3. The van der Waals surface area contributed by atoms with E-state index in [-0.39, 0.29) is 48.6 Å². The van der Waals surface area contributed by atoms with Crippen LogP contribution < -0.4 is 10.6 Å². The highest BCUT2D eigenvalue weighted by molar-refractivity contribution is 5.98. The predicted molar refractivity (Wildman–Crippen MR) is 194 cm³/mol. The second-order valence-electron chi connectivity index (χ2n) is 15.8. The maximum Gasteiger partial charge on any atom is 0.307 e. The molecule has 0 spiro atoms. The lowest BCUT2D eigenvalue weighted by molar-refractivity contribution is -0.157. The minimum Gasteiger partial charge on any atom is -0.460 e. The van der Waals surface area contributed by atoms with Crippen LogP contribution in [0.4, 0.5) is 0 Å². The van der Waals surface area contributed by atoms with E-state index in [0.29, 0.717) is 32.3 Å². The molecule has 0 unspecified atom stereocenters. The second-order valence-corrected chi connectivity index (χ2v) is 15.8. The van der Waals surface area contributed by atoms with Crippen LogP contribution >= 0.6 is 0 Å². The molecule has 2 amide bonds. The summed E-state index contributed by atoms with van der Waals surface area (Å²) < 4.78 is 11.0. The lowest BCUT2D eigenvalue weighted by Crippen LogP contribution is -2.50. The SMILES string of the molecule is CC(C)C[C@H](NC(=O)[C@H](CC(=O)[C@@H](CC(C)C)NC(=O)[C@H](CCc1ccccc1)CC(=O)OC(C)(C)C)Cc1ccccc1)C(=O)[C@@]1(C)CO1. The summed E-state index contributed by atoms with van der Waals surface area (Å²) in [5, 5.41) is 5.95. The highest BCUT2D eigenvalue weighted by atomic mass is 16.6. The number of esters is 1. The van der Waals surface area contributed by atoms with Crippen molar-refractivity contribution in [2.45, 2.75) is 124 Å². The Morgan fingerprint density at radius 1 is 0.760 bits per heavy atom. The molecule has 3 rings (SSSR count). The van der Waals surface area contributed by atoms with Crippen LogP contribution in [0.1, 0.15) is 98.6 Å². The van der Waals surface area contributed by atoms with E-state index in [0.717, 1.165) is 11.1 Å². The number of rotatable bonds is 20. The molecule has 2 aromatic rings. The van der Waals surface area contributed by atoms with Gasteiger partial charge in [-0.2, -0.15) is 0 Å². The van der Waals surface area contributed by atoms with Gasteiger partial charge < -0.3 is 20.1 Å². The summed E-state index contributed by atoms with van der Waals surface area (Å²) in [6, 6.07) is 17.6. The van der Waals surface area contributed by atoms with Crippen LogP contribution in [0.2, 0.25) is 0 Å². The van der Waals surface area contributed by atoms with Gasteiger partial charge in [0.1, 0.15) is 11.2 Å². The number of aryl methyl sites for hydroxylation is 1. The fourth-order valence-corrected chi connectivity index (χ4v) is 6.08. The third-order valence-corrected chi connectivity index (χ3v) is 8.82. The molecule has 2 aromatic carbocycles. The molecule has 1 heterocycles. The van der Waals surface area contributed by atoms with E-state index in [1.54, 1.807) is 27.7 Å². The maximum atomic E-state index is 14.1. The van der Waals surface area contributed by atoms with Crippen LogP contribution in [0.15, 0.2) is 60.7 Å². The molecule has 0 radical (unpaired) electrons. The molecule has 0 aliphatic carbocycles. The summed E-state index contributed by atoms with van der Waals surface area (Å²) in [5.74, 6) is -2.98. The average molecular weight is 691 g/mol. The molecule has 50 heavy (non-hydrogen) atoms. The number of benzene rings is 2. The molecular formula is C41H58N2O7. The van der Waals surface area contributed by atoms with Gasteiger partial charge in [-0.25, -0.2) is 0 Å². The van der Waals surface area contributed by atoms with Gasteiger partial charge in [-0.15, -0.1) is 0 Å². The quantitative estimate of drug-likeness (QED) is 0.125. The topological polar surface area (TPSA) is 131 Å². The molecule has 1 aliphatic heterocycles. The van der Waals surface area contributed by atoms with Gasteiger partial charge in [0, 0.05) is 18.3 Å². The number of Topliss-reactive ketones (excluding diaryl/α,β-unsaturated/α-hetero) is 2. The molecule has 0 bridgehead atoms. The van der Waals surface area contributed by atoms with E-state index in [1.165, 1.54) is 0 Å². The van der Waals surface area contributed by atoms with E-state index < -0.39 is 47.0 Å². The van der Waals surface area contributed by atoms with Crippen molar-refractivity contribution in [1.82, 2.24) is 10.6 Å². The largest absolute Gasteiger partial charge is 0.460 e. The summed E-state index contributed by atoms with van der Waals surface area (Å²) in [4.78, 5) is 68.2. The normalized spacial score (nSPS) is 18.1. The summed E-state index contributed by atoms with van der Waals surface area (Å²) in [7, 11) is 0. The fourth-order valence-electron chi connectivity index (χ4n) is 6.08. The number of ether oxygens (including phenoxy) is 2. The minimum atomic E-state index is -0.902. The van der Waals surface area contributed by atoms with E-state index in [9.17, 15) is 24.0 Å². The number of carbonyl (C=O) groups excluding carboxylic acids is 5. The molecule has 274 valence electrons. The van der Waals surface area contributed by atoms with Crippen molar-refractivity contribution >= 4 is 29.4 Å². The molecule has 9 nitrogen and oxygen atoms in total. The summed E-state index contributed by atoms with van der Waals surface area (Å²) in [5.41, 5.74) is 0.313. The van der Waals surface area contributed by atoms with Gasteiger partial charge in [-0.3, -0.25) is 24.0 Å². The molecule has 0 aromatic heterocycles. The van der Waals surface area contributed by atoms with Gasteiger partial charge in [0.05, 0.1) is 25.1 Å². The fraction of sp³-hybridized carbons (Fsp3) is 0.585. The molecule has 1 saturated heterocycles. The van der Waals surface area contributed by atoms with Gasteiger partial charge in [-0.05, 0) is 82.8 Å². The van der Waals surface area contributed by atoms with Crippen molar-refractivity contribution in [3.63, 3.8) is 0 Å². The molecule has 9 heteroatoms. The third kappa shape index (κ3) is 13.8. The number of hydrogen-bond acceptors (Lipinski definition) is 7. The molecule has 5 atom stereocenters. The highest BCUT2D eigenvalue weighted by Crippen LogP contribution is 2.30. The summed E-state index contributed by atoms with van der Waals surface area (Å²) >= 11 is 0. The Labute approximate surface area is 298 Å². The smallest absolute Gasteiger partial charge is 0.307 e. The second kappa shape index (κ2) is 18.4. The van der Waals surface area contributed by atoms with Crippen LogP contribution in [0.25, 0.3) is 0 Å². The van der Waals surface area contributed by atoms with Gasteiger partial charge >= 0.3 is 5.97 Å². The zero-order chi connectivity index (χ0) is 37.1. The van der Waals surface area contributed by atoms with Crippen LogP contribution in [0, 0.1) is 23.7 Å². The first-order valence-corrected chi connectivity index (χ1v) is 18.1. The van der Waals surface area contributed by atoms with Gasteiger partial charge in [0.25, 0.3) is 0 Å². The van der Waals surface area contributed by atoms with Gasteiger partial charge in [0.15, 0.2) is 11.6 Å². The molecule has 2 N–H and O–H groups in total. The Morgan fingerprint density at radius 3 is 1.78 bits per heavy atom. The number of ketones is 2. The third-order valence-electron chi connectivity index (χ3n) is 8.82. The van der Waals surface area contributed by atoms with Gasteiger partial charge in [0.2, 0.25) is 11.8 Å². The van der Waals surface area contributed by atoms with E-state index in [4.69, 9.17) is 9.47 Å². The minimum absolute atomic E-state index is 0.0617. The number of nitrogens with one attached hydrogen (secondary N) is 2. The number of epoxide rings is 1. The van der Waals surface area contributed by atoms with Crippen molar-refractivity contribution < 1.29 is 33.4 Å². The first-order valence-electron chi connectivity index (χ1n) is 18.1. The van der Waals surface area contributed by atoms with E-state index in [1.807, 2.05) is 88.4 Å². The van der Waals surface area contributed by atoms with Crippen molar-refractivity contribution in [1.29, 1.82) is 0 Å². The van der Waals surface area contributed by atoms with Crippen LogP contribution in [0.3, 0.4) is 0 Å². The van der Waals surface area contributed by atoms with Crippen molar-refractivity contribution in [2.75, 3.05) is 6.61 Å². The van der Waals surface area contributed by atoms with Gasteiger partial charge in [-0.1, -0.05) is 88.4 Å². The lowest BCUT2D eigenvalue weighted by atomic mass is 9.87. The summed E-state index contributed by atoms with van der Waals surface area (Å²) in [6.07, 6.45) is 1.82. The first kappa shape index (κ1) is 40.6. The molecular weight excluding hydrogens is 632 g/mol. The Kier molecular flexibility index (Phi) is 14.9. The van der Waals surface area contributed by atoms with Crippen molar-refractivity contribution in [3.8, 4) is 0 Å². The van der Waals surface area contributed by atoms with Crippen LogP contribution in [-0.2, 0) is 46.3 Å². The van der Waals surface area contributed by atoms with E-state index >= 15 is 0 Å². The molecule has 0 saturated carbocycles. The molecule has 1 aliphatic rings. The van der Waals surface area contributed by atoms with Crippen LogP contribution in [0.5, 0.6) is 0 Å². The maximum absolute atomic E-state index is 14.1. The Hall–Kier alpha value is -3.85. The van der Waals surface area contributed by atoms with Crippen LogP contribution in [-0.4, -0.2) is 59.2 Å². The standard InChI is InChI=1S/C41H58N2O7/c1-27(2)21-33(42-38(47)31(25-36(45)50-40(5,6)7)20-19-29-15-11-9-12-16-29)35(44)24-32(23-30-17-13-10-14-18-30)39(48)43-34(22-28(3)4)37(46)41(8)26-49-41/h9-18,27-28,31-34H,19-26H2,1-8H3,(H,42,47)(H,43,48)/t31-,32+,33-,34+,41-/m1/s1. The monoisotopic (exact) mass is 690 g/mol. The predicted octanol–water partition coefficient (Wildman–Crippen LogP) is 6.21. The number of amides is 2. The van der Waals surface area contributed by atoms with E-state index in [2.05, 4.69) is 10.6 Å². The lowest BCUT2D eigenvalue weighted by Gasteiger charge is -2.27. The molecule has 1 fully saturated rings. The van der Waals surface area contributed by atoms with Crippen molar-refractivity contribution in [2.24, 2.45) is 23.7 Å². The van der Waals surface area contributed by atoms with Crippen molar-refractivity contribution in [3.05, 3.63) is 71.8 Å². The number of hydrogen-bond donors (Lipinski definition) is 2. The highest BCUT2D eigenvalue weighted by Gasteiger charge is 2.50. The zero-order valence-electron chi connectivity index (χ0n) is 31.3. The summed E-state index contributed by atoms with van der Waals surface area (Å²) in [6.45, 7) is 15.3. The Bertz CT molecular complexity index is 1430. The average Bonchev–Trinajstić information content (AvgIpc) is 3.79. The number of carbonyl (C=O) groups is 5. The Balaban J connectivity index is 1.83. The Morgan fingerprint density at radius 2 is 1.26 bits per heavy atom. The first-order chi connectivity index (χ1) is 23.5.